The first kappa shape index (κ1) is 16.3. The standard InChI is InChI=1S/C16H23F3N2/c1-21(11-16(17,18)19)15-9-13(7-8-14(15)10-20)12-5-3-2-4-6-12/h2-6,13-15H,7-11,20H2,1H3. The van der Waals surface area contributed by atoms with Crippen LogP contribution in [-0.2, 0) is 0 Å². The Morgan fingerprint density at radius 1 is 1.19 bits per heavy atom. The molecule has 0 aromatic heterocycles. The second-order valence-corrected chi connectivity index (χ2v) is 6.01. The zero-order valence-electron chi connectivity index (χ0n) is 12.3. The third-order valence-electron chi connectivity index (χ3n) is 4.52. The molecule has 2 rings (SSSR count). The summed E-state index contributed by atoms with van der Waals surface area (Å²) in [6.45, 7) is -0.413. The Morgan fingerprint density at radius 2 is 1.86 bits per heavy atom. The van der Waals surface area contributed by atoms with Crippen LogP contribution in [0.2, 0.25) is 0 Å². The lowest BCUT2D eigenvalue weighted by Crippen LogP contribution is -2.47. The summed E-state index contributed by atoms with van der Waals surface area (Å²) in [5.74, 6) is 0.479. The third kappa shape index (κ3) is 4.45. The second-order valence-electron chi connectivity index (χ2n) is 6.01. The number of rotatable bonds is 4. The normalized spacial score (nSPS) is 27.0. The molecular weight excluding hydrogens is 277 g/mol. The molecule has 21 heavy (non-hydrogen) atoms. The molecule has 0 saturated heterocycles. The van der Waals surface area contributed by atoms with E-state index >= 15 is 0 Å². The monoisotopic (exact) mass is 300 g/mol. The van der Waals surface area contributed by atoms with E-state index in [0.717, 1.165) is 19.3 Å². The molecule has 0 radical (unpaired) electrons. The number of halogens is 3. The minimum Gasteiger partial charge on any atom is -0.330 e. The summed E-state index contributed by atoms with van der Waals surface area (Å²) >= 11 is 0. The Kier molecular flexibility index (Phi) is 5.27. The topological polar surface area (TPSA) is 29.3 Å². The van der Waals surface area contributed by atoms with Crippen molar-refractivity contribution in [2.75, 3.05) is 20.1 Å². The van der Waals surface area contributed by atoms with Crippen LogP contribution in [0.5, 0.6) is 0 Å². The molecule has 0 heterocycles. The van der Waals surface area contributed by atoms with E-state index in [1.807, 2.05) is 18.2 Å². The number of alkyl halides is 3. The van der Waals surface area contributed by atoms with Crippen molar-refractivity contribution in [3.05, 3.63) is 35.9 Å². The van der Waals surface area contributed by atoms with Crippen molar-refractivity contribution in [3.8, 4) is 0 Å². The van der Waals surface area contributed by atoms with E-state index in [4.69, 9.17) is 5.73 Å². The molecule has 5 heteroatoms. The van der Waals surface area contributed by atoms with Gasteiger partial charge in [0, 0.05) is 6.04 Å². The molecule has 0 amide bonds. The summed E-state index contributed by atoms with van der Waals surface area (Å²) in [4.78, 5) is 1.44. The summed E-state index contributed by atoms with van der Waals surface area (Å²) in [5, 5.41) is 0. The van der Waals surface area contributed by atoms with Crippen molar-refractivity contribution in [1.82, 2.24) is 4.90 Å². The molecule has 3 atom stereocenters. The summed E-state index contributed by atoms with van der Waals surface area (Å²) in [6, 6.07) is 9.96. The molecule has 0 spiro atoms. The van der Waals surface area contributed by atoms with Crippen LogP contribution >= 0.6 is 0 Å². The first-order valence-corrected chi connectivity index (χ1v) is 7.42. The lowest BCUT2D eigenvalue weighted by Gasteiger charge is -2.41. The van der Waals surface area contributed by atoms with Gasteiger partial charge in [-0.3, -0.25) is 4.90 Å². The fourth-order valence-corrected chi connectivity index (χ4v) is 3.45. The van der Waals surface area contributed by atoms with Crippen molar-refractivity contribution in [2.24, 2.45) is 11.7 Å². The van der Waals surface area contributed by atoms with Crippen LogP contribution in [0.4, 0.5) is 13.2 Å². The maximum absolute atomic E-state index is 12.6. The minimum absolute atomic E-state index is 0.101. The molecule has 2 N–H and O–H groups in total. The molecule has 0 aliphatic heterocycles. The third-order valence-corrected chi connectivity index (χ3v) is 4.52. The lowest BCUT2D eigenvalue weighted by molar-refractivity contribution is -0.151. The first-order chi connectivity index (χ1) is 9.90. The number of hydrogen-bond acceptors (Lipinski definition) is 2. The molecule has 1 fully saturated rings. The molecule has 1 saturated carbocycles. The zero-order valence-corrected chi connectivity index (χ0v) is 12.3. The Morgan fingerprint density at radius 3 is 2.43 bits per heavy atom. The second kappa shape index (κ2) is 6.79. The van der Waals surface area contributed by atoms with Gasteiger partial charge in [0.2, 0.25) is 0 Å². The van der Waals surface area contributed by atoms with Crippen LogP contribution in [0, 0.1) is 5.92 Å². The molecule has 1 aliphatic rings. The van der Waals surface area contributed by atoms with Gasteiger partial charge in [-0.1, -0.05) is 30.3 Å². The van der Waals surface area contributed by atoms with Gasteiger partial charge in [0.05, 0.1) is 6.54 Å². The smallest absolute Gasteiger partial charge is 0.330 e. The summed E-state index contributed by atoms with van der Waals surface area (Å²) in [6.07, 6.45) is -1.52. The SMILES string of the molecule is CN(CC(F)(F)F)C1CC(c2ccccc2)CCC1CN. The van der Waals surface area contributed by atoms with Crippen molar-refractivity contribution in [3.63, 3.8) is 0 Å². The highest BCUT2D eigenvalue weighted by Crippen LogP contribution is 2.38. The molecule has 2 nitrogen and oxygen atoms in total. The van der Waals surface area contributed by atoms with E-state index in [2.05, 4.69) is 12.1 Å². The van der Waals surface area contributed by atoms with Gasteiger partial charge in [0.15, 0.2) is 0 Å². The Bertz CT molecular complexity index is 433. The van der Waals surface area contributed by atoms with E-state index < -0.39 is 12.7 Å². The van der Waals surface area contributed by atoms with Gasteiger partial charge < -0.3 is 5.73 Å². The van der Waals surface area contributed by atoms with Crippen molar-refractivity contribution in [2.45, 2.75) is 37.4 Å². The first-order valence-electron chi connectivity index (χ1n) is 7.42. The van der Waals surface area contributed by atoms with Crippen LogP contribution in [0.15, 0.2) is 30.3 Å². The van der Waals surface area contributed by atoms with E-state index in [1.54, 1.807) is 7.05 Å². The van der Waals surface area contributed by atoms with Gasteiger partial charge in [-0.15, -0.1) is 0 Å². The maximum Gasteiger partial charge on any atom is 0.401 e. The van der Waals surface area contributed by atoms with Crippen LogP contribution in [0.25, 0.3) is 0 Å². The molecule has 1 aromatic rings. The zero-order chi connectivity index (χ0) is 15.5. The Hall–Kier alpha value is -1.07. The predicted molar refractivity (Wildman–Crippen MR) is 78.1 cm³/mol. The number of nitrogens with zero attached hydrogens (tertiary/aromatic N) is 1. The summed E-state index contributed by atoms with van der Waals surface area (Å²) < 4.78 is 37.9. The van der Waals surface area contributed by atoms with E-state index in [9.17, 15) is 13.2 Å². The van der Waals surface area contributed by atoms with E-state index in [0.29, 0.717) is 12.5 Å². The maximum atomic E-state index is 12.6. The van der Waals surface area contributed by atoms with Crippen LogP contribution < -0.4 is 5.73 Å². The highest BCUT2D eigenvalue weighted by atomic mass is 19.4. The Balaban J connectivity index is 2.09. The van der Waals surface area contributed by atoms with Crippen molar-refractivity contribution >= 4 is 0 Å². The summed E-state index contributed by atoms with van der Waals surface area (Å²) in [5.41, 5.74) is 6.99. The van der Waals surface area contributed by atoms with Crippen molar-refractivity contribution < 1.29 is 13.2 Å². The van der Waals surface area contributed by atoms with Gasteiger partial charge in [-0.05, 0) is 50.3 Å². The van der Waals surface area contributed by atoms with E-state index in [1.165, 1.54) is 10.5 Å². The van der Waals surface area contributed by atoms with Crippen LogP contribution in [0.1, 0.15) is 30.7 Å². The fraction of sp³-hybridized carbons (Fsp3) is 0.625. The van der Waals surface area contributed by atoms with Gasteiger partial charge >= 0.3 is 6.18 Å². The average molecular weight is 300 g/mol. The number of hydrogen-bond donors (Lipinski definition) is 1. The Labute approximate surface area is 124 Å². The highest BCUT2D eigenvalue weighted by Gasteiger charge is 2.37. The molecule has 1 aromatic carbocycles. The van der Waals surface area contributed by atoms with Gasteiger partial charge in [0.25, 0.3) is 0 Å². The molecule has 3 unspecified atom stereocenters. The molecular formula is C16H23F3N2. The quantitative estimate of drug-likeness (QED) is 0.923. The number of nitrogens with two attached hydrogens (primary N) is 1. The van der Waals surface area contributed by atoms with Crippen LogP contribution in [-0.4, -0.2) is 37.3 Å². The molecule has 118 valence electrons. The predicted octanol–water partition coefficient (Wildman–Crippen LogP) is 3.39. The van der Waals surface area contributed by atoms with Gasteiger partial charge in [-0.2, -0.15) is 13.2 Å². The van der Waals surface area contributed by atoms with E-state index in [-0.39, 0.29) is 12.0 Å². The fourth-order valence-electron chi connectivity index (χ4n) is 3.45. The highest BCUT2D eigenvalue weighted by molar-refractivity contribution is 5.20. The number of benzene rings is 1. The average Bonchev–Trinajstić information content (AvgIpc) is 2.45. The minimum atomic E-state index is -4.16. The van der Waals surface area contributed by atoms with Gasteiger partial charge in [0.1, 0.15) is 0 Å². The van der Waals surface area contributed by atoms with Gasteiger partial charge in [-0.25, -0.2) is 0 Å². The molecule has 1 aliphatic carbocycles. The van der Waals surface area contributed by atoms with Crippen molar-refractivity contribution in [1.29, 1.82) is 0 Å². The lowest BCUT2D eigenvalue weighted by atomic mass is 9.75. The van der Waals surface area contributed by atoms with Crippen LogP contribution in [0.3, 0.4) is 0 Å². The summed E-state index contributed by atoms with van der Waals surface area (Å²) in [7, 11) is 1.56. The molecule has 0 bridgehead atoms. The largest absolute Gasteiger partial charge is 0.401 e.